The Morgan fingerprint density at radius 1 is 0.385 bits per heavy atom. The van der Waals surface area contributed by atoms with Gasteiger partial charge < -0.3 is 23.1 Å². The van der Waals surface area contributed by atoms with Crippen LogP contribution in [0.15, 0.2) is 200 Å². The molecule has 12 aromatic rings. The molecule has 0 saturated heterocycles. The lowest BCUT2D eigenvalue weighted by Gasteiger charge is -2.32. The molecule has 13 rings (SSSR count). The van der Waals surface area contributed by atoms with E-state index in [0.29, 0.717) is 5.92 Å². The molecule has 0 saturated carbocycles. The molecule has 65 heavy (non-hydrogen) atoms. The Hall–Kier alpha value is -8.02. The molecule has 9 aromatic carbocycles. The lowest BCUT2D eigenvalue weighted by Crippen LogP contribution is -2.21. The Labute approximate surface area is 375 Å². The fraction of sp³-hybridized carbons (Fsp3) is 0.100. The number of para-hydroxylation sites is 4. The van der Waals surface area contributed by atoms with E-state index in [0.717, 1.165) is 122 Å². The molecule has 5 heteroatoms. The highest BCUT2D eigenvalue weighted by Crippen LogP contribution is 2.51. The van der Waals surface area contributed by atoms with Gasteiger partial charge in [-0.15, -0.1) is 0 Å². The third-order valence-corrected chi connectivity index (χ3v) is 14.0. The molecule has 312 valence electrons. The molecule has 3 aromatic heterocycles. The molecule has 0 spiro atoms. The largest absolute Gasteiger partial charge is 0.455 e. The number of allylic oxidation sites excluding steroid dienone is 4. The number of hydrogen-bond donors (Lipinski definition) is 0. The minimum atomic E-state index is 0.374. The third-order valence-electron chi connectivity index (χ3n) is 14.0. The first kappa shape index (κ1) is 37.5. The zero-order chi connectivity index (χ0) is 43.5. The predicted molar refractivity (Wildman–Crippen MR) is 272 cm³/mol. The summed E-state index contributed by atoms with van der Waals surface area (Å²) >= 11 is 0. The van der Waals surface area contributed by atoms with Gasteiger partial charge in [0.2, 0.25) is 0 Å². The second-order valence-electron chi connectivity index (χ2n) is 17.9. The molecular weight excluding hydrogens is 797 g/mol. The first-order chi connectivity index (χ1) is 31.9. The van der Waals surface area contributed by atoms with Crippen molar-refractivity contribution in [3.63, 3.8) is 0 Å². The standard InChI is InChI=1S/C60H44N2O3/c1-35-27-29-39(31-37(35)3)61(51-23-13-21-47-43-17-9-11-25-55(43)63-59(47)51)53-33-49-50-34-54(42-16-6-8-20-46(42)58(50)65-57(49)45-19-7-5-15-41(45)53)62(40-30-28-36(2)38(4)32-40)52-24-14-22-48-44-18-10-12-26-56(44)64-60(48)52/h5-31,33-34,38H,32H2,1-4H3. The van der Waals surface area contributed by atoms with Crippen molar-refractivity contribution in [2.75, 3.05) is 9.80 Å². The SMILES string of the molecule is CC1=CC=C(N(c2cc3c4cc(N(c5ccc(C)c(C)c5)c5cccc6c5oc5ccccc56)c5ccccc5c4oc3c3ccccc23)c2cccc3c2oc2ccccc23)CC1C. The Morgan fingerprint density at radius 3 is 1.42 bits per heavy atom. The number of anilines is 5. The second kappa shape index (κ2) is 14.2. The maximum atomic E-state index is 7.20. The van der Waals surface area contributed by atoms with Gasteiger partial charge >= 0.3 is 0 Å². The maximum Gasteiger partial charge on any atom is 0.159 e. The maximum absolute atomic E-state index is 7.20. The monoisotopic (exact) mass is 840 g/mol. The molecule has 5 nitrogen and oxygen atoms in total. The summed E-state index contributed by atoms with van der Waals surface area (Å²) in [5.41, 5.74) is 15.4. The molecule has 1 aliphatic rings. The zero-order valence-electron chi connectivity index (χ0n) is 36.6. The van der Waals surface area contributed by atoms with Gasteiger partial charge in [-0.05, 0) is 98.8 Å². The fourth-order valence-corrected chi connectivity index (χ4v) is 10.4. The van der Waals surface area contributed by atoms with Crippen LogP contribution in [0.3, 0.4) is 0 Å². The Morgan fingerprint density at radius 2 is 0.862 bits per heavy atom. The summed E-state index contributed by atoms with van der Waals surface area (Å²) in [6, 6.07) is 58.5. The van der Waals surface area contributed by atoms with Crippen LogP contribution < -0.4 is 9.80 Å². The van der Waals surface area contributed by atoms with Gasteiger partial charge in [0.1, 0.15) is 22.3 Å². The van der Waals surface area contributed by atoms with Crippen molar-refractivity contribution in [2.24, 2.45) is 5.92 Å². The number of fused-ring (bicyclic) bond motifs is 13. The average Bonchev–Trinajstić information content (AvgIpc) is 4.04. The van der Waals surface area contributed by atoms with Gasteiger partial charge in [-0.1, -0.05) is 134 Å². The van der Waals surface area contributed by atoms with Crippen molar-refractivity contribution >= 4 is 116 Å². The first-order valence-electron chi connectivity index (χ1n) is 22.5. The van der Waals surface area contributed by atoms with Crippen molar-refractivity contribution in [1.82, 2.24) is 0 Å². The van der Waals surface area contributed by atoms with Crippen LogP contribution in [0.5, 0.6) is 0 Å². The quantitative estimate of drug-likeness (QED) is 0.167. The number of benzene rings is 9. The summed E-state index contributed by atoms with van der Waals surface area (Å²) in [7, 11) is 0. The van der Waals surface area contributed by atoms with Crippen LogP contribution in [0.2, 0.25) is 0 Å². The highest BCUT2D eigenvalue weighted by Gasteiger charge is 2.29. The molecule has 3 heterocycles. The van der Waals surface area contributed by atoms with Crippen LogP contribution in [0, 0.1) is 19.8 Å². The number of aryl methyl sites for hydroxylation is 2. The van der Waals surface area contributed by atoms with Crippen molar-refractivity contribution in [3.8, 4) is 0 Å². The van der Waals surface area contributed by atoms with E-state index >= 15 is 0 Å². The van der Waals surface area contributed by atoms with E-state index in [2.05, 4.69) is 201 Å². The summed E-state index contributed by atoms with van der Waals surface area (Å²) in [4.78, 5) is 4.84. The minimum Gasteiger partial charge on any atom is -0.455 e. The zero-order valence-corrected chi connectivity index (χ0v) is 36.6. The molecule has 1 unspecified atom stereocenters. The highest BCUT2D eigenvalue weighted by atomic mass is 16.3. The lowest BCUT2D eigenvalue weighted by atomic mass is 9.91. The van der Waals surface area contributed by atoms with E-state index in [1.807, 2.05) is 12.1 Å². The van der Waals surface area contributed by atoms with E-state index in [9.17, 15) is 0 Å². The minimum absolute atomic E-state index is 0.374. The first-order valence-corrected chi connectivity index (χ1v) is 22.5. The van der Waals surface area contributed by atoms with Crippen molar-refractivity contribution in [1.29, 1.82) is 0 Å². The molecular formula is C60H44N2O3. The molecule has 0 amide bonds. The van der Waals surface area contributed by atoms with Crippen LogP contribution in [0.4, 0.5) is 28.4 Å². The van der Waals surface area contributed by atoms with Gasteiger partial charge in [0, 0.05) is 65.2 Å². The van der Waals surface area contributed by atoms with E-state index in [4.69, 9.17) is 13.3 Å². The van der Waals surface area contributed by atoms with Crippen molar-refractivity contribution in [2.45, 2.75) is 34.1 Å². The van der Waals surface area contributed by atoms with Gasteiger partial charge in [0.25, 0.3) is 0 Å². The Kier molecular flexibility index (Phi) is 8.23. The van der Waals surface area contributed by atoms with Gasteiger partial charge in [-0.25, -0.2) is 0 Å². The second-order valence-corrected chi connectivity index (χ2v) is 17.9. The third kappa shape index (κ3) is 5.65. The molecule has 0 N–H and O–H groups in total. The van der Waals surface area contributed by atoms with E-state index in [1.54, 1.807) is 0 Å². The molecule has 0 fully saturated rings. The molecule has 1 aliphatic carbocycles. The van der Waals surface area contributed by atoms with Gasteiger partial charge in [0.05, 0.1) is 22.7 Å². The fourth-order valence-electron chi connectivity index (χ4n) is 10.4. The van der Waals surface area contributed by atoms with E-state index in [1.165, 1.54) is 22.4 Å². The van der Waals surface area contributed by atoms with E-state index in [-0.39, 0.29) is 0 Å². The van der Waals surface area contributed by atoms with Crippen LogP contribution >= 0.6 is 0 Å². The highest BCUT2D eigenvalue weighted by molar-refractivity contribution is 6.26. The van der Waals surface area contributed by atoms with Crippen molar-refractivity contribution in [3.05, 3.63) is 198 Å². The topological polar surface area (TPSA) is 45.9 Å². The van der Waals surface area contributed by atoms with Crippen molar-refractivity contribution < 1.29 is 13.3 Å². The molecule has 0 aliphatic heterocycles. The van der Waals surface area contributed by atoms with Crippen LogP contribution in [0.1, 0.15) is 31.4 Å². The summed E-state index contributed by atoms with van der Waals surface area (Å²) in [5, 5.41) is 10.7. The summed E-state index contributed by atoms with van der Waals surface area (Å²) in [6.45, 7) is 8.92. The lowest BCUT2D eigenvalue weighted by molar-refractivity contribution is 0.649. The normalized spacial score (nSPS) is 14.4. The van der Waals surface area contributed by atoms with Crippen LogP contribution in [-0.4, -0.2) is 0 Å². The number of rotatable bonds is 6. The number of hydrogen-bond acceptors (Lipinski definition) is 5. The number of nitrogens with zero attached hydrogens (tertiary/aromatic N) is 2. The van der Waals surface area contributed by atoms with Crippen LogP contribution in [-0.2, 0) is 0 Å². The Balaban J connectivity index is 1.13. The Bertz CT molecular complexity index is 4010. The summed E-state index contributed by atoms with van der Waals surface area (Å²) in [6.07, 6.45) is 5.46. The number of furan rings is 3. The molecule has 0 radical (unpaired) electrons. The van der Waals surface area contributed by atoms with Gasteiger partial charge in [-0.3, -0.25) is 0 Å². The predicted octanol–water partition coefficient (Wildman–Crippen LogP) is 17.8. The summed E-state index contributed by atoms with van der Waals surface area (Å²) < 4.78 is 20.8. The molecule has 0 bridgehead atoms. The van der Waals surface area contributed by atoms with Gasteiger partial charge in [0.15, 0.2) is 11.2 Å². The smallest absolute Gasteiger partial charge is 0.159 e. The van der Waals surface area contributed by atoms with E-state index < -0.39 is 0 Å². The average molecular weight is 841 g/mol. The summed E-state index contributed by atoms with van der Waals surface area (Å²) in [5.74, 6) is 0.374. The van der Waals surface area contributed by atoms with Crippen LogP contribution in [0.25, 0.3) is 87.4 Å². The molecule has 1 atom stereocenters. The van der Waals surface area contributed by atoms with Gasteiger partial charge in [-0.2, -0.15) is 0 Å².